The number of piperidine rings is 1. The van der Waals surface area contributed by atoms with E-state index in [1.54, 1.807) is 0 Å². The van der Waals surface area contributed by atoms with Gasteiger partial charge < -0.3 is 5.32 Å². The summed E-state index contributed by atoms with van der Waals surface area (Å²) >= 11 is 0. The molecule has 1 aliphatic heterocycles. The van der Waals surface area contributed by atoms with Crippen LogP contribution in [0.2, 0.25) is 0 Å². The maximum absolute atomic E-state index is 9.12. The minimum absolute atomic E-state index is 0.118. The van der Waals surface area contributed by atoms with Crippen molar-refractivity contribution in [2.75, 3.05) is 19.6 Å². The highest BCUT2D eigenvalue weighted by molar-refractivity contribution is 4.93. The van der Waals surface area contributed by atoms with Crippen LogP contribution < -0.4 is 5.32 Å². The maximum Gasteiger partial charge on any atom is 0.0975 e. The zero-order valence-corrected chi connectivity index (χ0v) is 11.8. The molecule has 0 bridgehead atoms. The molecule has 2 atom stereocenters. The van der Waals surface area contributed by atoms with E-state index in [0.29, 0.717) is 5.92 Å². The fourth-order valence-electron chi connectivity index (χ4n) is 2.43. The first kappa shape index (κ1) is 14.5. The van der Waals surface area contributed by atoms with Crippen LogP contribution in [0.25, 0.3) is 0 Å². The Kier molecular flexibility index (Phi) is 5.42. The van der Waals surface area contributed by atoms with E-state index in [-0.39, 0.29) is 11.6 Å². The molecule has 0 spiro atoms. The molecule has 0 aromatic heterocycles. The van der Waals surface area contributed by atoms with Crippen molar-refractivity contribution in [2.45, 2.75) is 58.5 Å². The average Bonchev–Trinajstić information content (AvgIpc) is 2.28. The van der Waals surface area contributed by atoms with Crippen molar-refractivity contribution in [3.8, 4) is 6.07 Å². The van der Waals surface area contributed by atoms with Crippen molar-refractivity contribution in [1.29, 1.82) is 5.26 Å². The summed E-state index contributed by atoms with van der Waals surface area (Å²) < 4.78 is 0. The summed E-state index contributed by atoms with van der Waals surface area (Å²) in [5.41, 5.74) is 0.196. The zero-order valence-electron chi connectivity index (χ0n) is 11.8. The third kappa shape index (κ3) is 5.06. The first-order valence-corrected chi connectivity index (χ1v) is 6.85. The van der Waals surface area contributed by atoms with Gasteiger partial charge in [0.25, 0.3) is 0 Å². The molecule has 1 fully saturated rings. The number of likely N-dealkylation sites (tertiary alicyclic amines) is 1. The minimum Gasteiger partial charge on any atom is -0.312 e. The molecule has 1 rings (SSSR count). The molecule has 1 saturated heterocycles. The van der Waals surface area contributed by atoms with Gasteiger partial charge in [0.1, 0.15) is 0 Å². The first-order chi connectivity index (χ1) is 7.96. The van der Waals surface area contributed by atoms with Gasteiger partial charge in [-0.2, -0.15) is 5.26 Å². The van der Waals surface area contributed by atoms with E-state index in [0.717, 1.165) is 26.1 Å². The van der Waals surface area contributed by atoms with E-state index in [1.807, 2.05) is 0 Å². The summed E-state index contributed by atoms with van der Waals surface area (Å²) in [6, 6.07) is 2.54. The first-order valence-electron chi connectivity index (χ1n) is 6.85. The molecule has 1 heterocycles. The predicted octanol–water partition coefficient (Wildman–Crippen LogP) is 2.39. The van der Waals surface area contributed by atoms with Crippen molar-refractivity contribution in [3.05, 3.63) is 0 Å². The van der Waals surface area contributed by atoms with E-state index in [2.05, 4.69) is 44.0 Å². The van der Waals surface area contributed by atoms with E-state index in [9.17, 15) is 0 Å². The smallest absolute Gasteiger partial charge is 0.0975 e. The Labute approximate surface area is 106 Å². The van der Waals surface area contributed by atoms with Crippen LogP contribution in [0.1, 0.15) is 47.0 Å². The van der Waals surface area contributed by atoms with Crippen molar-refractivity contribution < 1.29 is 0 Å². The molecule has 3 nitrogen and oxygen atoms in total. The monoisotopic (exact) mass is 237 g/mol. The molecular weight excluding hydrogens is 210 g/mol. The van der Waals surface area contributed by atoms with Crippen molar-refractivity contribution in [3.63, 3.8) is 0 Å². The number of rotatable bonds is 4. The molecule has 0 amide bonds. The summed E-state index contributed by atoms with van der Waals surface area (Å²) in [4.78, 5) is 2.36. The van der Waals surface area contributed by atoms with Crippen LogP contribution in [-0.2, 0) is 0 Å². The van der Waals surface area contributed by atoms with Crippen LogP contribution in [0.15, 0.2) is 0 Å². The predicted molar refractivity (Wildman–Crippen MR) is 71.7 cm³/mol. The molecule has 0 aromatic rings. The van der Waals surface area contributed by atoms with E-state index in [4.69, 9.17) is 5.26 Å². The van der Waals surface area contributed by atoms with Gasteiger partial charge in [0, 0.05) is 12.1 Å². The average molecular weight is 237 g/mol. The SMILES string of the molecule is CCC(C#N)N1CCCC(CNC(C)(C)C)C1. The second-order valence-electron chi connectivity index (χ2n) is 6.19. The Morgan fingerprint density at radius 3 is 2.71 bits per heavy atom. The molecule has 0 aliphatic carbocycles. The Morgan fingerprint density at radius 2 is 2.18 bits per heavy atom. The van der Waals surface area contributed by atoms with Gasteiger partial charge in [-0.05, 0) is 59.0 Å². The lowest BCUT2D eigenvalue weighted by atomic mass is 9.95. The summed E-state index contributed by atoms with van der Waals surface area (Å²) in [5, 5.41) is 12.7. The van der Waals surface area contributed by atoms with Crippen LogP contribution in [0.5, 0.6) is 0 Å². The second-order valence-corrected chi connectivity index (χ2v) is 6.19. The summed E-state index contributed by atoms with van der Waals surface area (Å²) in [6.07, 6.45) is 3.46. The molecule has 17 heavy (non-hydrogen) atoms. The highest BCUT2D eigenvalue weighted by Crippen LogP contribution is 2.19. The quantitative estimate of drug-likeness (QED) is 0.816. The number of hydrogen-bond donors (Lipinski definition) is 1. The maximum atomic E-state index is 9.12. The van der Waals surface area contributed by atoms with E-state index < -0.39 is 0 Å². The van der Waals surface area contributed by atoms with Crippen molar-refractivity contribution >= 4 is 0 Å². The van der Waals surface area contributed by atoms with Gasteiger partial charge in [0.05, 0.1) is 12.1 Å². The Balaban J connectivity index is 2.41. The Morgan fingerprint density at radius 1 is 1.47 bits per heavy atom. The normalized spacial score (nSPS) is 24.3. The molecule has 2 unspecified atom stereocenters. The Bertz CT molecular complexity index is 262. The largest absolute Gasteiger partial charge is 0.312 e. The fourth-order valence-corrected chi connectivity index (χ4v) is 2.43. The molecule has 0 saturated carbocycles. The molecule has 1 N–H and O–H groups in total. The summed E-state index contributed by atoms with van der Waals surface area (Å²) in [7, 11) is 0. The number of nitrogens with zero attached hydrogens (tertiary/aromatic N) is 2. The van der Waals surface area contributed by atoms with Gasteiger partial charge in [-0.25, -0.2) is 0 Å². The van der Waals surface area contributed by atoms with E-state index >= 15 is 0 Å². The van der Waals surface area contributed by atoms with Gasteiger partial charge in [-0.1, -0.05) is 6.92 Å². The van der Waals surface area contributed by atoms with Crippen LogP contribution in [0.4, 0.5) is 0 Å². The minimum atomic E-state index is 0.118. The molecule has 98 valence electrons. The number of nitrogens with one attached hydrogen (secondary N) is 1. The molecule has 0 aromatic carbocycles. The number of hydrogen-bond acceptors (Lipinski definition) is 3. The second kappa shape index (κ2) is 6.37. The molecule has 0 radical (unpaired) electrons. The molecule has 3 heteroatoms. The molecular formula is C14H27N3. The summed E-state index contributed by atoms with van der Waals surface area (Å²) in [5.74, 6) is 0.699. The lowest BCUT2D eigenvalue weighted by Crippen LogP contribution is -2.47. The van der Waals surface area contributed by atoms with Crippen LogP contribution >= 0.6 is 0 Å². The lowest BCUT2D eigenvalue weighted by molar-refractivity contribution is 0.139. The summed E-state index contributed by atoms with van der Waals surface area (Å²) in [6.45, 7) is 12.0. The lowest BCUT2D eigenvalue weighted by Gasteiger charge is -2.36. The van der Waals surface area contributed by atoms with Gasteiger partial charge in [-0.15, -0.1) is 0 Å². The third-order valence-electron chi connectivity index (χ3n) is 3.45. The Hall–Kier alpha value is -0.590. The van der Waals surface area contributed by atoms with Crippen molar-refractivity contribution in [2.24, 2.45) is 5.92 Å². The van der Waals surface area contributed by atoms with Gasteiger partial charge in [0.15, 0.2) is 0 Å². The number of nitriles is 1. The zero-order chi connectivity index (χ0) is 12.9. The fraction of sp³-hybridized carbons (Fsp3) is 0.929. The molecule has 1 aliphatic rings. The van der Waals surface area contributed by atoms with Crippen LogP contribution in [-0.4, -0.2) is 36.1 Å². The van der Waals surface area contributed by atoms with Crippen molar-refractivity contribution in [1.82, 2.24) is 10.2 Å². The van der Waals surface area contributed by atoms with Crippen LogP contribution in [0.3, 0.4) is 0 Å². The van der Waals surface area contributed by atoms with Gasteiger partial charge in [-0.3, -0.25) is 4.90 Å². The standard InChI is InChI=1S/C14H27N3/c1-5-13(9-15)17-8-6-7-12(11-17)10-16-14(2,3)4/h12-13,16H,5-8,10-11H2,1-4H3. The van der Waals surface area contributed by atoms with Crippen LogP contribution in [0, 0.1) is 17.2 Å². The van der Waals surface area contributed by atoms with E-state index in [1.165, 1.54) is 12.8 Å². The topological polar surface area (TPSA) is 39.1 Å². The third-order valence-corrected chi connectivity index (χ3v) is 3.45. The highest BCUT2D eigenvalue weighted by atomic mass is 15.2. The van der Waals surface area contributed by atoms with Gasteiger partial charge in [0.2, 0.25) is 0 Å². The van der Waals surface area contributed by atoms with Gasteiger partial charge >= 0.3 is 0 Å². The highest BCUT2D eigenvalue weighted by Gasteiger charge is 2.25.